The summed E-state index contributed by atoms with van der Waals surface area (Å²) in [4.78, 5) is 0. The van der Waals surface area contributed by atoms with Crippen molar-refractivity contribution in [1.82, 2.24) is 9.34 Å². The van der Waals surface area contributed by atoms with Crippen LogP contribution < -0.4 is 21.2 Å². The Morgan fingerprint density at radius 2 is 0.906 bits per heavy atom. The van der Waals surface area contributed by atoms with Gasteiger partial charge in [0.15, 0.2) is 0 Å². The van der Waals surface area contributed by atoms with E-state index in [1.807, 2.05) is 61.8 Å². The molecule has 0 aliphatic carbocycles. The van der Waals surface area contributed by atoms with E-state index in [9.17, 15) is 0 Å². The Morgan fingerprint density at radius 3 is 1.25 bits per heavy atom. The zero-order valence-corrected chi connectivity index (χ0v) is 22.0. The summed E-state index contributed by atoms with van der Waals surface area (Å²) in [6.45, 7) is -5.97. The summed E-state index contributed by atoms with van der Waals surface area (Å²) in [5.41, 5.74) is 0. The van der Waals surface area contributed by atoms with Crippen LogP contribution in [0.15, 0.2) is 72.8 Å². The van der Waals surface area contributed by atoms with Crippen molar-refractivity contribution in [3.05, 3.63) is 72.8 Å². The lowest BCUT2D eigenvalue weighted by molar-refractivity contribution is 0.537. The third-order valence-corrected chi connectivity index (χ3v) is 32.8. The number of hydrogen-bond donors (Lipinski definition) is 0. The standard InChI is InChI=1S/C24H24N2O2P4/c1-25(2)31(27)21-15-7-11-17-9-5-13-19(23(17)21)29(31)30-20-14-6-10-18-12-8-16-22(24(18)20)32(30,28)26(3)4/h5-16H,1-4H3. The molecule has 0 saturated heterocycles. The van der Waals surface area contributed by atoms with E-state index in [1.54, 1.807) is 0 Å². The molecular weight excluding hydrogens is 472 g/mol. The fourth-order valence-corrected chi connectivity index (χ4v) is 38.6. The molecule has 0 N–H and O–H groups in total. The molecule has 6 rings (SSSR count). The van der Waals surface area contributed by atoms with Crippen molar-refractivity contribution >= 4 is 71.3 Å². The van der Waals surface area contributed by atoms with Crippen LogP contribution in [0.5, 0.6) is 0 Å². The van der Waals surface area contributed by atoms with Crippen LogP contribution in [0.2, 0.25) is 0 Å². The summed E-state index contributed by atoms with van der Waals surface area (Å²) in [7, 11) is 5.27. The van der Waals surface area contributed by atoms with Crippen LogP contribution in [0.1, 0.15) is 0 Å². The van der Waals surface area contributed by atoms with Gasteiger partial charge < -0.3 is 0 Å². The normalized spacial score (nSPS) is 28.4. The summed E-state index contributed by atoms with van der Waals surface area (Å²) in [6, 6.07) is 24.9. The smallest absolute Gasteiger partial charge is 0.207 e. The number of benzene rings is 4. The van der Waals surface area contributed by atoms with Gasteiger partial charge in [0.25, 0.3) is 0 Å². The van der Waals surface area contributed by atoms with Crippen LogP contribution in [0, 0.1) is 0 Å². The molecule has 0 spiro atoms. The zero-order valence-electron chi connectivity index (χ0n) is 18.4. The molecule has 0 radical (unpaired) electrons. The predicted molar refractivity (Wildman–Crippen MR) is 143 cm³/mol. The van der Waals surface area contributed by atoms with E-state index in [0.29, 0.717) is 0 Å². The van der Waals surface area contributed by atoms with Gasteiger partial charge in [-0.1, -0.05) is 60.7 Å². The number of rotatable bonds is 3. The fraction of sp³-hybridized carbons (Fsp3) is 0.167. The zero-order chi connectivity index (χ0) is 22.4. The van der Waals surface area contributed by atoms with Crippen molar-refractivity contribution in [3.63, 3.8) is 0 Å². The molecule has 2 aliphatic rings. The Labute approximate surface area is 190 Å². The van der Waals surface area contributed by atoms with E-state index in [0.717, 1.165) is 42.8 Å². The van der Waals surface area contributed by atoms with Crippen molar-refractivity contribution in [3.8, 4) is 0 Å². The van der Waals surface area contributed by atoms with Gasteiger partial charge in [-0.05, 0) is 61.7 Å². The van der Waals surface area contributed by atoms with Gasteiger partial charge in [0.2, 0.25) is 14.0 Å². The molecule has 4 nitrogen and oxygen atoms in total. The van der Waals surface area contributed by atoms with Crippen LogP contribution in [0.4, 0.5) is 0 Å². The van der Waals surface area contributed by atoms with Gasteiger partial charge in [-0.3, -0.25) is 18.5 Å². The maximum Gasteiger partial charge on any atom is 0.207 e. The molecule has 32 heavy (non-hydrogen) atoms. The van der Waals surface area contributed by atoms with Crippen LogP contribution in [-0.2, 0) is 9.13 Å². The van der Waals surface area contributed by atoms with Crippen molar-refractivity contribution in [2.75, 3.05) is 28.2 Å². The third-order valence-electron chi connectivity index (χ3n) is 6.56. The molecule has 2 heterocycles. The third kappa shape index (κ3) is 2.44. The molecule has 0 saturated carbocycles. The lowest BCUT2D eigenvalue weighted by Gasteiger charge is -2.37. The minimum atomic E-state index is -2.99. The molecule has 162 valence electrons. The molecule has 0 bridgehead atoms. The molecule has 8 heteroatoms. The first-order chi connectivity index (χ1) is 15.3. The van der Waals surface area contributed by atoms with E-state index < -0.39 is 28.6 Å². The first kappa shape index (κ1) is 21.2. The van der Waals surface area contributed by atoms with Crippen molar-refractivity contribution in [1.29, 1.82) is 0 Å². The SMILES string of the molecule is CN(C)P1(=O)c2cccc3cccc(c23)P1P1c2cccc3cccc(c23)P1(=O)N(C)C. The van der Waals surface area contributed by atoms with Gasteiger partial charge in [0.1, 0.15) is 0 Å². The van der Waals surface area contributed by atoms with Gasteiger partial charge >= 0.3 is 0 Å². The van der Waals surface area contributed by atoms with Crippen LogP contribution in [0.3, 0.4) is 0 Å². The lowest BCUT2D eigenvalue weighted by Crippen LogP contribution is -2.17. The summed E-state index contributed by atoms with van der Waals surface area (Å²) >= 11 is 0. The largest absolute Gasteiger partial charge is 0.296 e. The predicted octanol–water partition coefficient (Wildman–Crippen LogP) is 5.61. The Hall–Kier alpha value is -1.36. The Kier molecular flexibility index (Phi) is 4.68. The summed E-state index contributed by atoms with van der Waals surface area (Å²) in [5.74, 6) is 0. The second-order valence-corrected chi connectivity index (χ2v) is 25.5. The van der Waals surface area contributed by atoms with E-state index in [-0.39, 0.29) is 0 Å². The van der Waals surface area contributed by atoms with Crippen LogP contribution >= 0.6 is 28.6 Å². The Bertz CT molecular complexity index is 1410. The highest BCUT2D eigenvalue weighted by atomic mass is 32.7. The molecule has 4 aromatic carbocycles. The number of hydrogen-bond acceptors (Lipinski definition) is 2. The van der Waals surface area contributed by atoms with Gasteiger partial charge in [-0.15, -0.1) is 0 Å². The fourth-order valence-electron chi connectivity index (χ4n) is 5.12. The second kappa shape index (κ2) is 7.07. The molecule has 0 fully saturated rings. The summed E-state index contributed by atoms with van der Waals surface area (Å²) in [5, 5.41) is 8.68. The summed E-state index contributed by atoms with van der Waals surface area (Å²) in [6.07, 6.45) is 0. The Morgan fingerprint density at radius 1 is 0.562 bits per heavy atom. The first-order valence-corrected chi connectivity index (χ1v) is 18.6. The quantitative estimate of drug-likeness (QED) is 0.346. The average Bonchev–Trinajstić information content (AvgIpc) is 3.19. The first-order valence-electron chi connectivity index (χ1n) is 10.5. The van der Waals surface area contributed by atoms with Crippen molar-refractivity contribution < 1.29 is 9.13 Å². The minimum Gasteiger partial charge on any atom is -0.296 e. The van der Waals surface area contributed by atoms with Crippen molar-refractivity contribution in [2.24, 2.45) is 0 Å². The maximum atomic E-state index is 15.1. The summed E-state index contributed by atoms with van der Waals surface area (Å²) < 4.78 is 34.2. The van der Waals surface area contributed by atoms with Gasteiger partial charge in [-0.2, -0.15) is 0 Å². The van der Waals surface area contributed by atoms with Gasteiger partial charge in [0.05, 0.1) is 0 Å². The molecule has 2 aliphatic heterocycles. The average molecular weight is 496 g/mol. The molecule has 4 aromatic rings. The highest BCUT2D eigenvalue weighted by Crippen LogP contribution is 3.03. The van der Waals surface area contributed by atoms with E-state index in [1.165, 1.54) is 0 Å². The van der Waals surface area contributed by atoms with E-state index in [4.69, 9.17) is 0 Å². The second-order valence-electron chi connectivity index (χ2n) is 8.67. The number of nitrogens with zero attached hydrogens (tertiary/aromatic N) is 2. The van der Waals surface area contributed by atoms with E-state index >= 15 is 9.13 Å². The van der Waals surface area contributed by atoms with Gasteiger partial charge in [-0.25, -0.2) is 0 Å². The molecule has 0 aromatic heterocycles. The highest BCUT2D eigenvalue weighted by molar-refractivity contribution is 8.83. The minimum absolute atomic E-state index is 0.942. The Balaban J connectivity index is 1.75. The molecule has 0 amide bonds. The van der Waals surface area contributed by atoms with Gasteiger partial charge in [0, 0.05) is 36.0 Å². The van der Waals surface area contributed by atoms with E-state index in [2.05, 4.69) is 48.5 Å². The van der Waals surface area contributed by atoms with Crippen LogP contribution in [-0.4, -0.2) is 37.5 Å². The van der Waals surface area contributed by atoms with Crippen molar-refractivity contribution in [2.45, 2.75) is 0 Å². The monoisotopic (exact) mass is 496 g/mol. The highest BCUT2D eigenvalue weighted by Gasteiger charge is 2.58. The molecule has 4 unspecified atom stereocenters. The lowest BCUT2D eigenvalue weighted by atomic mass is 10.1. The molecule has 4 atom stereocenters. The van der Waals surface area contributed by atoms with Crippen LogP contribution in [0.25, 0.3) is 21.5 Å². The topological polar surface area (TPSA) is 40.6 Å². The molecular formula is C24H24N2O2P4. The maximum absolute atomic E-state index is 15.1.